The Labute approximate surface area is 124 Å². The first-order chi connectivity index (χ1) is 9.96. The molecule has 116 valence electrons. The number of hydrogen-bond donors (Lipinski definition) is 1. The highest BCUT2D eigenvalue weighted by atomic mass is 32.2. The number of nitrogen functional groups attached to an aromatic ring is 1. The third kappa shape index (κ3) is 3.27. The predicted molar refractivity (Wildman–Crippen MR) is 78.2 cm³/mol. The lowest BCUT2D eigenvalue weighted by atomic mass is 10.3. The van der Waals surface area contributed by atoms with E-state index in [1.54, 1.807) is 25.1 Å². The van der Waals surface area contributed by atoms with Crippen molar-refractivity contribution < 1.29 is 17.9 Å². The van der Waals surface area contributed by atoms with Gasteiger partial charge in [-0.1, -0.05) is 12.1 Å². The number of carbonyl (C=O) groups excluding carboxylic acids is 1. The summed E-state index contributed by atoms with van der Waals surface area (Å²) in [6.45, 7) is 3.12. The molecule has 1 fully saturated rings. The van der Waals surface area contributed by atoms with Crippen LogP contribution in [0.2, 0.25) is 0 Å². The fourth-order valence-corrected chi connectivity index (χ4v) is 3.72. The van der Waals surface area contributed by atoms with E-state index in [9.17, 15) is 13.2 Å². The number of anilines is 1. The molecule has 21 heavy (non-hydrogen) atoms. The Bertz CT molecular complexity index is 610. The van der Waals surface area contributed by atoms with Gasteiger partial charge in [0.15, 0.2) is 0 Å². The second-order valence-corrected chi connectivity index (χ2v) is 6.53. The van der Waals surface area contributed by atoms with Gasteiger partial charge in [-0.2, -0.15) is 4.31 Å². The minimum absolute atomic E-state index is 0.106. The van der Waals surface area contributed by atoms with Crippen molar-refractivity contribution in [1.82, 2.24) is 9.21 Å². The van der Waals surface area contributed by atoms with Crippen molar-refractivity contribution in [3.63, 3.8) is 0 Å². The maximum atomic E-state index is 12.5. The number of ether oxygens (including phenoxy) is 1. The van der Waals surface area contributed by atoms with Crippen LogP contribution in [0.3, 0.4) is 0 Å². The van der Waals surface area contributed by atoms with Crippen LogP contribution in [0, 0.1) is 0 Å². The van der Waals surface area contributed by atoms with Gasteiger partial charge in [0.25, 0.3) is 0 Å². The summed E-state index contributed by atoms with van der Waals surface area (Å²) in [5.74, 6) is 0. The molecule has 0 radical (unpaired) electrons. The Morgan fingerprint density at radius 3 is 2.43 bits per heavy atom. The van der Waals surface area contributed by atoms with E-state index in [1.165, 1.54) is 15.3 Å². The van der Waals surface area contributed by atoms with Crippen LogP contribution >= 0.6 is 0 Å². The Morgan fingerprint density at radius 1 is 1.24 bits per heavy atom. The van der Waals surface area contributed by atoms with E-state index in [1.807, 2.05) is 0 Å². The molecule has 1 aliphatic heterocycles. The Hall–Kier alpha value is -1.80. The molecule has 8 heteroatoms. The zero-order chi connectivity index (χ0) is 15.5. The number of carbonyl (C=O) groups is 1. The van der Waals surface area contributed by atoms with Crippen LogP contribution in [0.5, 0.6) is 0 Å². The van der Waals surface area contributed by atoms with Crippen molar-refractivity contribution in [2.24, 2.45) is 0 Å². The molecule has 1 aromatic rings. The lowest BCUT2D eigenvalue weighted by molar-refractivity contribution is 0.0934. The van der Waals surface area contributed by atoms with Gasteiger partial charge in [-0.3, -0.25) is 0 Å². The molecule has 0 unspecified atom stereocenters. The molecule has 1 aromatic carbocycles. The van der Waals surface area contributed by atoms with E-state index in [0.29, 0.717) is 19.7 Å². The molecule has 1 saturated heterocycles. The number of para-hydroxylation sites is 1. The molecular formula is C13H19N3O4S. The maximum Gasteiger partial charge on any atom is 0.409 e. The van der Waals surface area contributed by atoms with Gasteiger partial charge >= 0.3 is 6.09 Å². The highest BCUT2D eigenvalue weighted by Crippen LogP contribution is 2.22. The summed E-state index contributed by atoms with van der Waals surface area (Å²) in [5.41, 5.74) is 5.97. The molecule has 0 aromatic heterocycles. The number of hydrogen-bond acceptors (Lipinski definition) is 5. The van der Waals surface area contributed by atoms with Gasteiger partial charge in [-0.05, 0) is 19.1 Å². The SMILES string of the molecule is CCOC(=O)N1CCN(S(=O)(=O)c2ccccc2N)CC1. The highest BCUT2D eigenvalue weighted by molar-refractivity contribution is 7.89. The molecule has 1 amide bonds. The van der Waals surface area contributed by atoms with E-state index >= 15 is 0 Å². The summed E-state index contributed by atoms with van der Waals surface area (Å²) in [6.07, 6.45) is -0.409. The molecule has 0 spiro atoms. The van der Waals surface area contributed by atoms with Crippen LogP contribution in [0.25, 0.3) is 0 Å². The van der Waals surface area contributed by atoms with E-state index in [2.05, 4.69) is 0 Å². The maximum absolute atomic E-state index is 12.5. The molecule has 0 aliphatic carbocycles. The second kappa shape index (κ2) is 6.31. The summed E-state index contributed by atoms with van der Waals surface area (Å²) >= 11 is 0. The second-order valence-electron chi connectivity index (χ2n) is 4.63. The standard InChI is InChI=1S/C13H19N3O4S/c1-2-20-13(17)15-7-9-16(10-8-15)21(18,19)12-6-4-3-5-11(12)14/h3-6H,2,7-10,14H2,1H3. The summed E-state index contributed by atoms with van der Waals surface area (Å²) in [5, 5.41) is 0. The Balaban J connectivity index is 2.08. The van der Waals surface area contributed by atoms with E-state index in [0.717, 1.165) is 0 Å². The average Bonchev–Trinajstić information content (AvgIpc) is 2.48. The number of nitrogens with zero attached hydrogens (tertiary/aromatic N) is 2. The number of amides is 1. The largest absolute Gasteiger partial charge is 0.450 e. The van der Waals surface area contributed by atoms with Crippen molar-refractivity contribution >= 4 is 21.8 Å². The van der Waals surface area contributed by atoms with Gasteiger partial charge in [0.1, 0.15) is 4.90 Å². The first-order valence-electron chi connectivity index (χ1n) is 6.73. The minimum Gasteiger partial charge on any atom is -0.450 e. The zero-order valence-electron chi connectivity index (χ0n) is 11.9. The molecular weight excluding hydrogens is 294 g/mol. The van der Waals surface area contributed by atoms with Crippen molar-refractivity contribution in [2.75, 3.05) is 38.5 Å². The summed E-state index contributed by atoms with van der Waals surface area (Å²) in [7, 11) is -3.62. The smallest absolute Gasteiger partial charge is 0.409 e. The predicted octanol–water partition coefficient (Wildman–Crippen LogP) is 0.732. The average molecular weight is 313 g/mol. The number of rotatable bonds is 3. The fraction of sp³-hybridized carbons (Fsp3) is 0.462. The minimum atomic E-state index is -3.62. The van der Waals surface area contributed by atoms with E-state index in [-0.39, 0.29) is 23.7 Å². The normalized spacial score (nSPS) is 16.7. The number of nitrogens with two attached hydrogens (primary N) is 1. The molecule has 2 N–H and O–H groups in total. The highest BCUT2D eigenvalue weighted by Gasteiger charge is 2.31. The van der Waals surface area contributed by atoms with Gasteiger partial charge in [0.2, 0.25) is 10.0 Å². The molecule has 0 saturated carbocycles. The fourth-order valence-electron chi connectivity index (χ4n) is 2.18. The van der Waals surface area contributed by atoms with E-state index in [4.69, 9.17) is 10.5 Å². The van der Waals surface area contributed by atoms with Crippen LogP contribution in [0.4, 0.5) is 10.5 Å². The first kappa shape index (κ1) is 15.6. The zero-order valence-corrected chi connectivity index (χ0v) is 12.7. The number of piperazine rings is 1. The summed E-state index contributed by atoms with van der Waals surface area (Å²) < 4.78 is 31.3. The van der Waals surface area contributed by atoms with Crippen LogP contribution in [-0.4, -0.2) is 56.5 Å². The van der Waals surface area contributed by atoms with Crippen LogP contribution in [0.15, 0.2) is 29.2 Å². The summed E-state index contributed by atoms with van der Waals surface area (Å²) in [6, 6.07) is 6.37. The molecule has 0 atom stereocenters. The quantitative estimate of drug-likeness (QED) is 0.831. The van der Waals surface area contributed by atoms with Gasteiger partial charge in [-0.25, -0.2) is 13.2 Å². The van der Waals surface area contributed by atoms with Crippen molar-refractivity contribution in [3.8, 4) is 0 Å². The Morgan fingerprint density at radius 2 is 1.86 bits per heavy atom. The van der Waals surface area contributed by atoms with Crippen LogP contribution in [0.1, 0.15) is 6.92 Å². The van der Waals surface area contributed by atoms with Crippen molar-refractivity contribution in [3.05, 3.63) is 24.3 Å². The third-order valence-corrected chi connectivity index (χ3v) is 5.27. The number of benzene rings is 1. The third-order valence-electron chi connectivity index (χ3n) is 3.30. The molecule has 1 heterocycles. The lowest BCUT2D eigenvalue weighted by Crippen LogP contribution is -2.50. The molecule has 2 rings (SSSR count). The van der Waals surface area contributed by atoms with Crippen LogP contribution < -0.4 is 5.73 Å². The van der Waals surface area contributed by atoms with E-state index < -0.39 is 16.1 Å². The van der Waals surface area contributed by atoms with Crippen molar-refractivity contribution in [2.45, 2.75) is 11.8 Å². The van der Waals surface area contributed by atoms with Gasteiger partial charge in [-0.15, -0.1) is 0 Å². The Kier molecular flexibility index (Phi) is 4.69. The first-order valence-corrected chi connectivity index (χ1v) is 8.17. The van der Waals surface area contributed by atoms with Crippen LogP contribution in [-0.2, 0) is 14.8 Å². The van der Waals surface area contributed by atoms with Gasteiger partial charge in [0, 0.05) is 26.2 Å². The molecule has 0 bridgehead atoms. The monoisotopic (exact) mass is 313 g/mol. The molecule has 1 aliphatic rings. The van der Waals surface area contributed by atoms with Crippen molar-refractivity contribution in [1.29, 1.82) is 0 Å². The van der Waals surface area contributed by atoms with Gasteiger partial charge in [0.05, 0.1) is 12.3 Å². The lowest BCUT2D eigenvalue weighted by Gasteiger charge is -2.33. The molecule has 7 nitrogen and oxygen atoms in total. The van der Waals surface area contributed by atoms with Gasteiger partial charge < -0.3 is 15.4 Å². The number of sulfonamides is 1. The summed E-state index contributed by atoms with van der Waals surface area (Å²) in [4.78, 5) is 13.2. The topological polar surface area (TPSA) is 92.9 Å².